The second-order valence-corrected chi connectivity index (χ2v) is 8.46. The SMILES string of the molecule is N#CCN(Cc1ccccc1)C(=O)C(CC(=O)O)NC(=O)OCC1c2ccccc2-c2ccccc21. The van der Waals surface area contributed by atoms with Crippen LogP contribution in [0, 0.1) is 11.3 Å². The second kappa shape index (κ2) is 11.2. The van der Waals surface area contributed by atoms with Gasteiger partial charge in [0.05, 0.1) is 12.5 Å². The van der Waals surface area contributed by atoms with Crippen LogP contribution in [0.4, 0.5) is 4.79 Å². The lowest BCUT2D eigenvalue weighted by Crippen LogP contribution is -2.49. The summed E-state index contributed by atoms with van der Waals surface area (Å²) in [6, 6.07) is 25.3. The van der Waals surface area contributed by atoms with Gasteiger partial charge in [-0.3, -0.25) is 9.59 Å². The number of nitriles is 1. The maximum Gasteiger partial charge on any atom is 0.407 e. The van der Waals surface area contributed by atoms with Gasteiger partial charge in [-0.25, -0.2) is 4.79 Å². The van der Waals surface area contributed by atoms with E-state index in [2.05, 4.69) is 5.32 Å². The number of hydrogen-bond donors (Lipinski definition) is 2. The summed E-state index contributed by atoms with van der Waals surface area (Å²) in [6.07, 6.45) is -1.53. The van der Waals surface area contributed by atoms with Crippen molar-refractivity contribution < 1.29 is 24.2 Å². The third kappa shape index (κ3) is 5.53. The molecule has 0 saturated heterocycles. The maximum atomic E-state index is 13.1. The highest BCUT2D eigenvalue weighted by molar-refractivity contribution is 5.89. The lowest BCUT2D eigenvalue weighted by Gasteiger charge is -2.25. The number of fused-ring (bicyclic) bond motifs is 3. The molecule has 2 amide bonds. The van der Waals surface area contributed by atoms with Crippen LogP contribution in [0.15, 0.2) is 78.9 Å². The van der Waals surface area contributed by atoms with E-state index in [4.69, 9.17) is 4.74 Å². The van der Waals surface area contributed by atoms with Crippen molar-refractivity contribution in [2.75, 3.05) is 13.2 Å². The van der Waals surface area contributed by atoms with Gasteiger partial charge in [0, 0.05) is 12.5 Å². The zero-order chi connectivity index (χ0) is 25.5. The van der Waals surface area contributed by atoms with Crippen molar-refractivity contribution in [2.45, 2.75) is 24.9 Å². The molecule has 1 aliphatic carbocycles. The predicted octanol–water partition coefficient (Wildman–Crippen LogP) is 3.92. The number of amides is 2. The Kier molecular flexibility index (Phi) is 7.61. The molecule has 2 N–H and O–H groups in total. The van der Waals surface area contributed by atoms with Crippen LogP contribution in [0.1, 0.15) is 29.0 Å². The van der Waals surface area contributed by atoms with Crippen LogP contribution in [-0.2, 0) is 20.9 Å². The van der Waals surface area contributed by atoms with Gasteiger partial charge in [-0.1, -0.05) is 78.9 Å². The minimum Gasteiger partial charge on any atom is -0.481 e. The zero-order valence-corrected chi connectivity index (χ0v) is 19.5. The summed E-state index contributed by atoms with van der Waals surface area (Å²) in [4.78, 5) is 38.5. The van der Waals surface area contributed by atoms with Crippen LogP contribution in [0.5, 0.6) is 0 Å². The molecule has 0 radical (unpaired) electrons. The molecule has 1 atom stereocenters. The molecule has 0 saturated carbocycles. The Bertz CT molecular complexity index is 1260. The van der Waals surface area contributed by atoms with Crippen molar-refractivity contribution in [3.63, 3.8) is 0 Å². The molecule has 0 heterocycles. The fourth-order valence-electron chi connectivity index (χ4n) is 4.48. The number of benzene rings is 3. The predicted molar refractivity (Wildman–Crippen MR) is 132 cm³/mol. The van der Waals surface area contributed by atoms with Crippen LogP contribution < -0.4 is 5.32 Å². The number of carbonyl (C=O) groups is 3. The summed E-state index contributed by atoms with van der Waals surface area (Å²) in [6.45, 7) is -0.119. The number of carbonyl (C=O) groups excluding carboxylic acids is 2. The molecule has 0 fully saturated rings. The third-order valence-electron chi connectivity index (χ3n) is 6.10. The highest BCUT2D eigenvalue weighted by Gasteiger charge is 2.31. The number of aliphatic carboxylic acids is 1. The lowest BCUT2D eigenvalue weighted by molar-refractivity contribution is -0.142. The number of hydrogen-bond acceptors (Lipinski definition) is 5. The van der Waals surface area contributed by atoms with Crippen LogP contribution in [0.2, 0.25) is 0 Å². The number of rotatable bonds is 9. The summed E-state index contributed by atoms with van der Waals surface area (Å²) in [5, 5.41) is 20.9. The third-order valence-corrected chi connectivity index (χ3v) is 6.10. The Morgan fingerprint density at radius 3 is 2.11 bits per heavy atom. The number of nitrogens with one attached hydrogen (secondary N) is 1. The van der Waals surface area contributed by atoms with Crippen LogP contribution in [0.25, 0.3) is 11.1 Å². The van der Waals surface area contributed by atoms with Gasteiger partial charge in [0.25, 0.3) is 0 Å². The molecular weight excluding hydrogens is 458 g/mol. The molecule has 36 heavy (non-hydrogen) atoms. The topological polar surface area (TPSA) is 120 Å². The van der Waals surface area contributed by atoms with Crippen molar-refractivity contribution in [3.05, 3.63) is 95.6 Å². The van der Waals surface area contributed by atoms with E-state index in [0.717, 1.165) is 27.8 Å². The van der Waals surface area contributed by atoms with Crippen LogP contribution >= 0.6 is 0 Å². The van der Waals surface area contributed by atoms with E-state index in [-0.39, 0.29) is 25.6 Å². The molecule has 0 spiro atoms. The van der Waals surface area contributed by atoms with Crippen molar-refractivity contribution >= 4 is 18.0 Å². The molecule has 4 rings (SSSR count). The minimum absolute atomic E-state index is 0.0275. The van der Waals surface area contributed by atoms with Gasteiger partial charge < -0.3 is 20.1 Å². The van der Waals surface area contributed by atoms with E-state index in [9.17, 15) is 24.8 Å². The smallest absolute Gasteiger partial charge is 0.407 e. The van der Waals surface area contributed by atoms with Gasteiger partial charge in [-0.15, -0.1) is 0 Å². The summed E-state index contributed by atoms with van der Waals surface area (Å²) in [5.74, 6) is -2.11. The first-order valence-electron chi connectivity index (χ1n) is 11.5. The van der Waals surface area contributed by atoms with E-state index in [1.54, 1.807) is 24.3 Å². The first kappa shape index (κ1) is 24.5. The van der Waals surface area contributed by atoms with Gasteiger partial charge in [0.1, 0.15) is 19.2 Å². The Morgan fingerprint density at radius 2 is 1.53 bits per heavy atom. The van der Waals surface area contributed by atoms with E-state index < -0.39 is 30.4 Å². The van der Waals surface area contributed by atoms with Crippen molar-refractivity contribution in [2.24, 2.45) is 0 Å². The molecule has 0 aliphatic heterocycles. The maximum absolute atomic E-state index is 13.1. The van der Waals surface area contributed by atoms with Gasteiger partial charge in [0.15, 0.2) is 0 Å². The molecule has 1 aliphatic rings. The van der Waals surface area contributed by atoms with Crippen molar-refractivity contribution in [1.82, 2.24) is 10.2 Å². The summed E-state index contributed by atoms with van der Waals surface area (Å²) < 4.78 is 5.48. The monoisotopic (exact) mass is 483 g/mol. The van der Waals surface area contributed by atoms with Crippen molar-refractivity contribution in [3.8, 4) is 17.2 Å². The summed E-state index contributed by atoms with van der Waals surface area (Å²) >= 11 is 0. The average Bonchev–Trinajstić information content (AvgIpc) is 3.20. The molecule has 0 aromatic heterocycles. The van der Waals surface area contributed by atoms with Gasteiger partial charge in [-0.2, -0.15) is 5.26 Å². The fraction of sp³-hybridized carbons (Fsp3) is 0.214. The highest BCUT2D eigenvalue weighted by atomic mass is 16.5. The highest BCUT2D eigenvalue weighted by Crippen LogP contribution is 2.44. The largest absolute Gasteiger partial charge is 0.481 e. The molecule has 0 bridgehead atoms. The van der Waals surface area contributed by atoms with E-state index >= 15 is 0 Å². The normalized spacial score (nSPS) is 12.5. The zero-order valence-electron chi connectivity index (χ0n) is 19.5. The molecular formula is C28H25N3O5. The van der Waals surface area contributed by atoms with Crippen LogP contribution in [-0.4, -0.2) is 47.2 Å². The quantitative estimate of drug-likeness (QED) is 0.445. The Balaban J connectivity index is 1.45. The molecule has 182 valence electrons. The number of alkyl carbamates (subject to hydrolysis) is 1. The Morgan fingerprint density at radius 1 is 0.944 bits per heavy atom. The van der Waals surface area contributed by atoms with E-state index in [0.29, 0.717) is 0 Å². The minimum atomic E-state index is -1.38. The molecule has 3 aromatic carbocycles. The first-order chi connectivity index (χ1) is 17.5. The number of carboxylic acid groups (broad SMARTS) is 1. The number of carboxylic acids is 1. The lowest BCUT2D eigenvalue weighted by atomic mass is 9.98. The summed E-state index contributed by atoms with van der Waals surface area (Å²) in [5.41, 5.74) is 5.00. The van der Waals surface area contributed by atoms with Crippen molar-refractivity contribution in [1.29, 1.82) is 5.26 Å². The molecule has 8 nitrogen and oxygen atoms in total. The van der Waals surface area contributed by atoms with Gasteiger partial charge in [-0.05, 0) is 27.8 Å². The molecule has 8 heteroatoms. The molecule has 1 unspecified atom stereocenters. The Hall–Kier alpha value is -4.64. The van der Waals surface area contributed by atoms with Crippen LogP contribution in [0.3, 0.4) is 0 Å². The standard InChI is InChI=1S/C28H25N3O5/c29-14-15-31(17-19-8-2-1-3-9-19)27(34)25(16-26(32)33)30-28(35)36-18-24-22-12-6-4-10-20(22)21-11-5-7-13-23(21)24/h1-13,24-25H,15-18H2,(H,30,35)(H,32,33). The average molecular weight is 484 g/mol. The fourth-order valence-corrected chi connectivity index (χ4v) is 4.48. The second-order valence-electron chi connectivity index (χ2n) is 8.46. The number of ether oxygens (including phenoxy) is 1. The Labute approximate surface area is 208 Å². The summed E-state index contributed by atoms with van der Waals surface area (Å²) in [7, 11) is 0. The van der Waals surface area contributed by atoms with E-state index in [1.165, 1.54) is 4.90 Å². The van der Waals surface area contributed by atoms with Gasteiger partial charge >= 0.3 is 12.1 Å². The van der Waals surface area contributed by atoms with Gasteiger partial charge in [0.2, 0.25) is 5.91 Å². The first-order valence-corrected chi connectivity index (χ1v) is 11.5. The number of nitrogens with zero attached hydrogens (tertiary/aromatic N) is 2. The van der Waals surface area contributed by atoms with E-state index in [1.807, 2.05) is 60.7 Å². The molecule has 3 aromatic rings.